The van der Waals surface area contributed by atoms with E-state index >= 15 is 0 Å². The third kappa shape index (κ3) is 4.11. The first-order valence-electron chi connectivity index (χ1n) is 6.98. The molecule has 0 saturated carbocycles. The Morgan fingerprint density at radius 1 is 1.26 bits per heavy atom. The molecule has 1 aromatic rings. The first kappa shape index (κ1) is 14.2. The molecule has 0 spiro atoms. The molecule has 1 N–H and O–H groups in total. The second-order valence-electron chi connectivity index (χ2n) is 5.17. The summed E-state index contributed by atoms with van der Waals surface area (Å²) in [6, 6.07) is 8.23. The normalized spacial score (nSPS) is 18.4. The smallest absolute Gasteiger partial charge is 0.120 e. The van der Waals surface area contributed by atoms with Gasteiger partial charge < -0.3 is 14.7 Å². The van der Waals surface area contributed by atoms with Gasteiger partial charge >= 0.3 is 0 Å². The third-order valence-electron chi connectivity index (χ3n) is 3.65. The molecule has 1 unspecified atom stereocenters. The van der Waals surface area contributed by atoms with Crippen LogP contribution in [0.15, 0.2) is 24.3 Å². The fourth-order valence-electron chi connectivity index (χ4n) is 2.41. The van der Waals surface area contributed by atoms with Gasteiger partial charge in [0.05, 0.1) is 13.2 Å². The van der Waals surface area contributed by atoms with Crippen LogP contribution in [0.4, 0.5) is 5.69 Å². The highest BCUT2D eigenvalue weighted by molar-refractivity contribution is 5.51. The highest BCUT2D eigenvalue weighted by Crippen LogP contribution is 2.22. The maximum absolute atomic E-state index is 9.32. The maximum Gasteiger partial charge on any atom is 0.120 e. The van der Waals surface area contributed by atoms with Crippen LogP contribution in [0.25, 0.3) is 0 Å². The van der Waals surface area contributed by atoms with E-state index in [-0.39, 0.29) is 6.10 Å². The molecule has 1 atom stereocenters. The lowest BCUT2D eigenvalue weighted by Gasteiger charge is -2.36. The fourth-order valence-corrected chi connectivity index (χ4v) is 2.41. The molecule has 1 aliphatic rings. The van der Waals surface area contributed by atoms with Crippen molar-refractivity contribution >= 4 is 5.69 Å². The van der Waals surface area contributed by atoms with Gasteiger partial charge in [-0.15, -0.1) is 0 Å². The van der Waals surface area contributed by atoms with Crippen LogP contribution < -0.4 is 9.64 Å². The molecule has 1 aromatic carbocycles. The van der Waals surface area contributed by atoms with Crippen molar-refractivity contribution in [1.29, 1.82) is 0 Å². The summed E-state index contributed by atoms with van der Waals surface area (Å²) >= 11 is 0. The third-order valence-corrected chi connectivity index (χ3v) is 3.65. The SMILES string of the molecule is COc1cccc(N2CCN(CCC(C)O)CC2)c1. The molecule has 1 heterocycles. The Balaban J connectivity index is 1.85. The number of hydrogen-bond acceptors (Lipinski definition) is 4. The molecular weight excluding hydrogens is 240 g/mol. The molecule has 1 saturated heterocycles. The van der Waals surface area contributed by atoms with Crippen LogP contribution in [0.1, 0.15) is 13.3 Å². The monoisotopic (exact) mass is 264 g/mol. The summed E-state index contributed by atoms with van der Waals surface area (Å²) in [5.41, 5.74) is 1.23. The van der Waals surface area contributed by atoms with E-state index in [4.69, 9.17) is 4.74 Å². The first-order valence-corrected chi connectivity index (χ1v) is 6.98. The van der Waals surface area contributed by atoms with Crippen molar-refractivity contribution in [1.82, 2.24) is 4.90 Å². The Kier molecular flexibility index (Phi) is 5.05. The number of rotatable bonds is 5. The van der Waals surface area contributed by atoms with Gasteiger partial charge in [0.15, 0.2) is 0 Å². The molecule has 1 aliphatic heterocycles. The molecule has 4 nitrogen and oxygen atoms in total. The molecule has 106 valence electrons. The number of anilines is 1. The van der Waals surface area contributed by atoms with Gasteiger partial charge in [0.1, 0.15) is 5.75 Å². The van der Waals surface area contributed by atoms with Crippen molar-refractivity contribution in [2.75, 3.05) is 44.7 Å². The first-order chi connectivity index (χ1) is 9.19. The zero-order valence-electron chi connectivity index (χ0n) is 11.9. The standard InChI is InChI=1S/C15H24N2O2/c1-13(18)6-7-16-8-10-17(11-9-16)14-4-3-5-15(12-14)19-2/h3-5,12-13,18H,6-11H2,1-2H3. The van der Waals surface area contributed by atoms with E-state index in [0.29, 0.717) is 0 Å². The summed E-state index contributed by atoms with van der Waals surface area (Å²) in [6.45, 7) is 7.03. The predicted octanol–water partition coefficient (Wildman–Crippen LogP) is 1.59. The molecule has 0 bridgehead atoms. The van der Waals surface area contributed by atoms with Crippen LogP contribution in [-0.2, 0) is 0 Å². The molecule has 0 aromatic heterocycles. The lowest BCUT2D eigenvalue weighted by molar-refractivity contribution is 0.153. The second kappa shape index (κ2) is 6.78. The fraction of sp³-hybridized carbons (Fsp3) is 0.600. The van der Waals surface area contributed by atoms with Crippen LogP contribution >= 0.6 is 0 Å². The summed E-state index contributed by atoms with van der Waals surface area (Å²) in [4.78, 5) is 4.81. The van der Waals surface area contributed by atoms with Crippen molar-refractivity contribution in [2.24, 2.45) is 0 Å². The van der Waals surface area contributed by atoms with Crippen molar-refractivity contribution in [2.45, 2.75) is 19.4 Å². The summed E-state index contributed by atoms with van der Waals surface area (Å²) in [5.74, 6) is 0.911. The quantitative estimate of drug-likeness (QED) is 0.876. The number of benzene rings is 1. The van der Waals surface area contributed by atoms with E-state index in [1.54, 1.807) is 7.11 Å². The van der Waals surface area contributed by atoms with Crippen molar-refractivity contribution < 1.29 is 9.84 Å². The van der Waals surface area contributed by atoms with Crippen LogP contribution in [0.2, 0.25) is 0 Å². The Bertz CT molecular complexity index is 387. The Morgan fingerprint density at radius 2 is 2.00 bits per heavy atom. The van der Waals surface area contributed by atoms with E-state index in [2.05, 4.69) is 21.9 Å². The highest BCUT2D eigenvalue weighted by Gasteiger charge is 2.17. The number of ether oxygens (including phenoxy) is 1. The topological polar surface area (TPSA) is 35.9 Å². The molecular formula is C15H24N2O2. The van der Waals surface area contributed by atoms with E-state index < -0.39 is 0 Å². The average molecular weight is 264 g/mol. The molecule has 4 heteroatoms. The van der Waals surface area contributed by atoms with Crippen LogP contribution in [0.5, 0.6) is 5.75 Å². The zero-order chi connectivity index (χ0) is 13.7. The van der Waals surface area contributed by atoms with Gasteiger partial charge in [-0.2, -0.15) is 0 Å². The molecule has 2 rings (SSSR count). The van der Waals surface area contributed by atoms with E-state index in [9.17, 15) is 5.11 Å². The largest absolute Gasteiger partial charge is 0.497 e. The highest BCUT2D eigenvalue weighted by atomic mass is 16.5. The minimum Gasteiger partial charge on any atom is -0.497 e. The van der Waals surface area contributed by atoms with Gasteiger partial charge in [-0.25, -0.2) is 0 Å². The molecule has 0 amide bonds. The number of piperazine rings is 1. The van der Waals surface area contributed by atoms with E-state index in [1.165, 1.54) is 5.69 Å². The second-order valence-corrected chi connectivity index (χ2v) is 5.17. The number of aliphatic hydroxyl groups excluding tert-OH is 1. The molecule has 19 heavy (non-hydrogen) atoms. The van der Waals surface area contributed by atoms with Crippen molar-refractivity contribution in [3.8, 4) is 5.75 Å². The minimum absolute atomic E-state index is 0.198. The van der Waals surface area contributed by atoms with Gasteiger partial charge in [-0.3, -0.25) is 4.90 Å². The number of methoxy groups -OCH3 is 1. The van der Waals surface area contributed by atoms with Crippen molar-refractivity contribution in [3.05, 3.63) is 24.3 Å². The van der Waals surface area contributed by atoms with E-state index in [0.717, 1.165) is 44.9 Å². The van der Waals surface area contributed by atoms with E-state index in [1.807, 2.05) is 19.1 Å². The maximum atomic E-state index is 9.32. The number of hydrogen-bond donors (Lipinski definition) is 1. The van der Waals surface area contributed by atoms with Crippen molar-refractivity contribution in [3.63, 3.8) is 0 Å². The van der Waals surface area contributed by atoms with Crippen LogP contribution in [-0.4, -0.2) is 55.9 Å². The summed E-state index contributed by atoms with van der Waals surface area (Å²) in [6.07, 6.45) is 0.663. The lowest BCUT2D eigenvalue weighted by Crippen LogP contribution is -2.47. The minimum atomic E-state index is -0.198. The Morgan fingerprint density at radius 3 is 2.63 bits per heavy atom. The Hall–Kier alpha value is -1.26. The van der Waals surface area contributed by atoms with Crippen LogP contribution in [0.3, 0.4) is 0 Å². The average Bonchev–Trinajstić information content (AvgIpc) is 2.45. The number of nitrogens with zero attached hydrogens (tertiary/aromatic N) is 2. The summed E-state index contributed by atoms with van der Waals surface area (Å²) in [5, 5.41) is 9.32. The number of aliphatic hydroxyl groups is 1. The molecule has 1 fully saturated rings. The van der Waals surface area contributed by atoms with Gasteiger partial charge in [-0.1, -0.05) is 6.07 Å². The molecule has 0 radical (unpaired) electrons. The summed E-state index contributed by atoms with van der Waals surface area (Å²) < 4.78 is 5.27. The summed E-state index contributed by atoms with van der Waals surface area (Å²) in [7, 11) is 1.70. The van der Waals surface area contributed by atoms with Gasteiger partial charge in [0.25, 0.3) is 0 Å². The predicted molar refractivity (Wildman–Crippen MR) is 77.9 cm³/mol. The van der Waals surface area contributed by atoms with Gasteiger partial charge in [0, 0.05) is 44.5 Å². The van der Waals surface area contributed by atoms with Crippen LogP contribution in [0, 0.1) is 0 Å². The molecule has 0 aliphatic carbocycles. The lowest BCUT2D eigenvalue weighted by atomic mass is 10.2. The Labute approximate surface area is 115 Å². The van der Waals surface area contributed by atoms with Gasteiger partial charge in [0.2, 0.25) is 0 Å². The van der Waals surface area contributed by atoms with Gasteiger partial charge in [-0.05, 0) is 25.5 Å². The zero-order valence-corrected chi connectivity index (χ0v) is 11.9.